The summed E-state index contributed by atoms with van der Waals surface area (Å²) < 4.78 is 0. The molecule has 0 aliphatic carbocycles. The van der Waals surface area contributed by atoms with E-state index in [4.69, 9.17) is 4.89 Å². The summed E-state index contributed by atoms with van der Waals surface area (Å²) in [6.45, 7) is 7.68. The average molecular weight is 230 g/mol. The van der Waals surface area contributed by atoms with Crippen molar-refractivity contribution >= 4 is 12.5 Å². The van der Waals surface area contributed by atoms with Crippen molar-refractivity contribution in [2.45, 2.75) is 32.8 Å². The summed E-state index contributed by atoms with van der Waals surface area (Å²) in [7, 11) is 0. The van der Waals surface area contributed by atoms with E-state index < -0.39 is 11.7 Å². The van der Waals surface area contributed by atoms with E-state index >= 15 is 0 Å². The molecule has 0 bridgehead atoms. The fraction of sp³-hybridized carbons (Fsp3) is 0.800. The molecule has 0 aromatic carbocycles. The van der Waals surface area contributed by atoms with Gasteiger partial charge < -0.3 is 5.32 Å². The highest BCUT2D eigenvalue weighted by atomic mass is 17.2. The zero-order valence-electron chi connectivity index (χ0n) is 9.83. The quantitative estimate of drug-likeness (QED) is 0.410. The Hall–Kier alpha value is -1.14. The molecule has 1 aliphatic heterocycles. The fourth-order valence-electron chi connectivity index (χ4n) is 1.96. The van der Waals surface area contributed by atoms with E-state index in [2.05, 4.69) is 17.1 Å². The predicted octanol–water partition coefficient (Wildman–Crippen LogP) is 0.579. The number of nitrogens with one attached hydrogen (secondary N) is 2. The summed E-state index contributed by atoms with van der Waals surface area (Å²) in [5.74, 6) is 0. The van der Waals surface area contributed by atoms with Gasteiger partial charge >= 0.3 is 6.09 Å². The van der Waals surface area contributed by atoms with Crippen molar-refractivity contribution in [3.05, 3.63) is 0 Å². The van der Waals surface area contributed by atoms with Gasteiger partial charge in [-0.15, -0.1) is 0 Å². The van der Waals surface area contributed by atoms with Crippen molar-refractivity contribution in [2.24, 2.45) is 5.41 Å². The van der Waals surface area contributed by atoms with Crippen LogP contribution in [0, 0.1) is 5.41 Å². The molecule has 92 valence electrons. The topological polar surface area (TPSA) is 76.7 Å². The van der Waals surface area contributed by atoms with Crippen LogP contribution in [0.2, 0.25) is 0 Å². The number of imide groups is 1. The lowest BCUT2D eigenvalue weighted by Crippen LogP contribution is -2.54. The molecular weight excluding hydrogens is 212 g/mol. The molecule has 1 rings (SSSR count). The first kappa shape index (κ1) is 12.9. The molecule has 16 heavy (non-hydrogen) atoms. The van der Waals surface area contributed by atoms with Crippen LogP contribution in [0.25, 0.3) is 0 Å². The van der Waals surface area contributed by atoms with Crippen LogP contribution in [0.4, 0.5) is 4.79 Å². The number of rotatable bonds is 5. The van der Waals surface area contributed by atoms with E-state index in [1.54, 1.807) is 0 Å². The number of amides is 2. The molecule has 0 unspecified atom stereocenters. The van der Waals surface area contributed by atoms with Gasteiger partial charge in [-0.1, -0.05) is 6.92 Å². The Morgan fingerprint density at radius 3 is 2.62 bits per heavy atom. The highest BCUT2D eigenvalue weighted by Gasteiger charge is 2.39. The van der Waals surface area contributed by atoms with Gasteiger partial charge in [0.25, 0.3) is 0 Å². The monoisotopic (exact) mass is 230 g/mol. The Bertz CT molecular complexity index is 274. The van der Waals surface area contributed by atoms with Crippen molar-refractivity contribution in [3.63, 3.8) is 0 Å². The Morgan fingerprint density at radius 2 is 2.19 bits per heavy atom. The third-order valence-corrected chi connectivity index (χ3v) is 2.48. The van der Waals surface area contributed by atoms with E-state index in [-0.39, 0.29) is 11.8 Å². The number of hydrogen-bond donors (Lipinski definition) is 2. The minimum absolute atomic E-state index is 0.175. The van der Waals surface area contributed by atoms with Gasteiger partial charge in [0.15, 0.2) is 0 Å². The van der Waals surface area contributed by atoms with Gasteiger partial charge in [0.2, 0.25) is 6.41 Å². The molecule has 0 radical (unpaired) electrons. The van der Waals surface area contributed by atoms with Gasteiger partial charge in [-0.25, -0.2) is 4.79 Å². The van der Waals surface area contributed by atoms with Crippen molar-refractivity contribution in [2.75, 3.05) is 13.1 Å². The number of hydrogen-bond acceptors (Lipinski definition) is 5. The highest BCUT2D eigenvalue weighted by Crippen LogP contribution is 2.33. The first-order valence-electron chi connectivity index (χ1n) is 5.17. The lowest BCUT2D eigenvalue weighted by molar-refractivity contribution is -0.313. The van der Waals surface area contributed by atoms with Crippen LogP contribution in [0.15, 0.2) is 0 Å². The fourth-order valence-corrected chi connectivity index (χ4v) is 1.96. The van der Waals surface area contributed by atoms with Crippen LogP contribution in [0.3, 0.4) is 0 Å². The first-order valence-corrected chi connectivity index (χ1v) is 5.17. The zero-order chi connectivity index (χ0) is 12.2. The van der Waals surface area contributed by atoms with Crippen molar-refractivity contribution < 1.29 is 19.4 Å². The van der Waals surface area contributed by atoms with Crippen molar-refractivity contribution in [1.82, 2.24) is 10.6 Å². The molecule has 2 N–H and O–H groups in total. The summed E-state index contributed by atoms with van der Waals surface area (Å²) in [5, 5.41) is 5.02. The molecule has 0 saturated carbocycles. The van der Waals surface area contributed by atoms with E-state index in [0.29, 0.717) is 0 Å². The second kappa shape index (κ2) is 4.80. The summed E-state index contributed by atoms with van der Waals surface area (Å²) in [4.78, 5) is 30.3. The van der Waals surface area contributed by atoms with Crippen LogP contribution in [0.5, 0.6) is 0 Å². The van der Waals surface area contributed by atoms with E-state index in [9.17, 15) is 9.59 Å². The summed E-state index contributed by atoms with van der Waals surface area (Å²) >= 11 is 0. The molecule has 1 saturated heterocycles. The lowest BCUT2D eigenvalue weighted by atomic mass is 9.75. The molecule has 1 heterocycles. The molecule has 1 aliphatic rings. The summed E-state index contributed by atoms with van der Waals surface area (Å²) in [5.41, 5.74) is -0.398. The highest BCUT2D eigenvalue weighted by molar-refractivity contribution is 5.79. The maximum Gasteiger partial charge on any atom is 0.445 e. The molecular formula is C10H18N2O4. The van der Waals surface area contributed by atoms with E-state index in [1.165, 1.54) is 0 Å². The molecule has 0 aromatic heterocycles. The van der Waals surface area contributed by atoms with Crippen LogP contribution in [-0.4, -0.2) is 31.2 Å². The normalized spacial score (nSPS) is 18.4. The van der Waals surface area contributed by atoms with Crippen molar-refractivity contribution in [3.8, 4) is 0 Å². The van der Waals surface area contributed by atoms with Gasteiger partial charge in [-0.3, -0.25) is 15.0 Å². The zero-order valence-corrected chi connectivity index (χ0v) is 9.83. The minimum Gasteiger partial charge on any atom is -0.316 e. The van der Waals surface area contributed by atoms with Crippen LogP contribution in [0.1, 0.15) is 27.2 Å². The van der Waals surface area contributed by atoms with E-state index in [1.807, 2.05) is 19.2 Å². The molecule has 0 atom stereocenters. The van der Waals surface area contributed by atoms with Crippen LogP contribution in [-0.2, 0) is 14.6 Å². The Morgan fingerprint density at radius 1 is 1.56 bits per heavy atom. The minimum atomic E-state index is -0.903. The standard InChI is InChI=1S/C10H18N2O4/c1-9(2,4-10(3)5-11-6-10)16-15-8(14)12-7-13/h7,11H,4-6H2,1-3H3,(H,12,13,14). The first-order chi connectivity index (χ1) is 7.37. The summed E-state index contributed by atoms with van der Waals surface area (Å²) in [6, 6.07) is 0. The van der Waals surface area contributed by atoms with E-state index in [0.717, 1.165) is 19.5 Å². The molecule has 6 heteroatoms. The Balaban J connectivity index is 2.33. The molecule has 2 amide bonds. The van der Waals surface area contributed by atoms with Gasteiger partial charge in [-0.05, 0) is 25.7 Å². The average Bonchev–Trinajstić information content (AvgIpc) is 2.13. The second-order valence-electron chi connectivity index (χ2n) is 5.07. The molecule has 0 aromatic rings. The van der Waals surface area contributed by atoms with Crippen molar-refractivity contribution in [1.29, 1.82) is 0 Å². The SMILES string of the molecule is CC1(CC(C)(C)OOC(=O)NC=O)CNC1. The largest absolute Gasteiger partial charge is 0.445 e. The second-order valence-corrected chi connectivity index (χ2v) is 5.07. The Kier molecular flexibility index (Phi) is 3.88. The smallest absolute Gasteiger partial charge is 0.316 e. The van der Waals surface area contributed by atoms with Gasteiger partial charge in [0, 0.05) is 13.1 Å². The third kappa shape index (κ3) is 3.79. The van der Waals surface area contributed by atoms with Gasteiger partial charge in [0.05, 0.1) is 0 Å². The third-order valence-electron chi connectivity index (χ3n) is 2.48. The van der Waals surface area contributed by atoms with Crippen LogP contribution < -0.4 is 10.6 Å². The summed E-state index contributed by atoms with van der Waals surface area (Å²) in [6.07, 6.45) is 0.108. The van der Waals surface area contributed by atoms with Gasteiger partial charge in [0.1, 0.15) is 5.60 Å². The van der Waals surface area contributed by atoms with Crippen LogP contribution >= 0.6 is 0 Å². The molecule has 0 spiro atoms. The Labute approximate surface area is 94.6 Å². The number of carbonyl (C=O) groups excluding carboxylic acids is 2. The number of carbonyl (C=O) groups is 2. The lowest BCUT2D eigenvalue weighted by Gasteiger charge is -2.43. The molecule has 1 fully saturated rings. The predicted molar refractivity (Wildman–Crippen MR) is 56.4 cm³/mol. The maximum absolute atomic E-state index is 10.8. The molecule has 6 nitrogen and oxygen atoms in total. The maximum atomic E-state index is 10.8. The van der Waals surface area contributed by atoms with Gasteiger partial charge in [-0.2, -0.15) is 4.89 Å².